The Hall–Kier alpha value is -1.18. The number of ether oxygens (including phenoxy) is 2. The molecule has 0 radical (unpaired) electrons. The van der Waals surface area contributed by atoms with Gasteiger partial charge in [-0.15, -0.1) is 24.0 Å². The maximum absolute atomic E-state index is 5.89. The number of hydrogen-bond acceptors (Lipinski definition) is 3. The van der Waals surface area contributed by atoms with Gasteiger partial charge in [-0.2, -0.15) is 0 Å². The first-order valence-corrected chi connectivity index (χ1v) is 7.67. The monoisotopic (exact) mass is 417 g/mol. The van der Waals surface area contributed by atoms with E-state index in [2.05, 4.69) is 23.3 Å². The zero-order chi connectivity index (χ0) is 14.8. The Morgan fingerprint density at radius 3 is 2.91 bits per heavy atom. The minimum absolute atomic E-state index is 0. The molecule has 0 amide bonds. The molecule has 122 valence electrons. The fourth-order valence-corrected chi connectivity index (χ4v) is 2.55. The third-order valence-corrected chi connectivity index (χ3v) is 3.73. The van der Waals surface area contributed by atoms with E-state index in [0.29, 0.717) is 25.2 Å². The van der Waals surface area contributed by atoms with Crippen LogP contribution in [0, 0.1) is 0 Å². The highest BCUT2D eigenvalue weighted by Crippen LogP contribution is 2.35. The predicted octanol–water partition coefficient (Wildman–Crippen LogP) is 2.59. The highest BCUT2D eigenvalue weighted by molar-refractivity contribution is 14.0. The van der Waals surface area contributed by atoms with Crippen molar-refractivity contribution in [1.29, 1.82) is 0 Å². The van der Waals surface area contributed by atoms with Crippen molar-refractivity contribution < 1.29 is 9.47 Å². The first kappa shape index (κ1) is 17.2. The summed E-state index contributed by atoms with van der Waals surface area (Å²) < 4.78 is 11.5. The number of hydrogen-bond donors (Lipinski definition) is 2. The van der Waals surface area contributed by atoms with Crippen LogP contribution in [-0.4, -0.2) is 24.7 Å². The number of halogens is 1. The smallest absolute Gasteiger partial charge is 0.189 e. The Kier molecular flexibility index (Phi) is 5.77. The molecular formula is C16H24IN3O2. The number of guanidine groups is 1. The standard InChI is InChI=1S/C16H23N3O2.HI/c1-3-20-14-7-11-6-10(2)21-15(11)8-12(14)9-18-16(17)19-13-4-5-13;/h7-8,10,13H,3-6,9H2,1-2H3,(H3,17,18,19);1H. The van der Waals surface area contributed by atoms with E-state index in [1.165, 1.54) is 18.4 Å². The molecule has 1 aliphatic heterocycles. The molecular weight excluding hydrogens is 393 g/mol. The molecule has 1 aromatic rings. The van der Waals surface area contributed by atoms with Crippen LogP contribution in [0.3, 0.4) is 0 Å². The number of aliphatic imine (C=N–C) groups is 1. The number of nitrogens with one attached hydrogen (secondary N) is 1. The fourth-order valence-electron chi connectivity index (χ4n) is 2.55. The SMILES string of the molecule is CCOc1cc2c(cc1CN=C(N)NC1CC1)OC(C)C2.I. The fraction of sp³-hybridized carbons (Fsp3) is 0.562. The highest BCUT2D eigenvalue weighted by Gasteiger charge is 2.23. The van der Waals surface area contributed by atoms with Gasteiger partial charge in [0.25, 0.3) is 0 Å². The van der Waals surface area contributed by atoms with Crippen molar-refractivity contribution in [1.82, 2.24) is 5.32 Å². The quantitative estimate of drug-likeness (QED) is 0.439. The van der Waals surface area contributed by atoms with E-state index >= 15 is 0 Å². The van der Waals surface area contributed by atoms with Crippen LogP contribution >= 0.6 is 24.0 Å². The molecule has 3 N–H and O–H groups in total. The molecule has 0 bridgehead atoms. The molecule has 1 aromatic carbocycles. The van der Waals surface area contributed by atoms with Gasteiger partial charge in [0.1, 0.15) is 17.6 Å². The van der Waals surface area contributed by atoms with Gasteiger partial charge in [0.2, 0.25) is 0 Å². The minimum Gasteiger partial charge on any atom is -0.494 e. The zero-order valence-electron chi connectivity index (χ0n) is 13.1. The van der Waals surface area contributed by atoms with E-state index in [0.717, 1.165) is 23.5 Å². The third kappa shape index (κ3) is 4.18. The molecule has 0 spiro atoms. The van der Waals surface area contributed by atoms with Crippen molar-refractivity contribution in [3.05, 3.63) is 23.3 Å². The van der Waals surface area contributed by atoms with E-state index in [-0.39, 0.29) is 30.1 Å². The van der Waals surface area contributed by atoms with Gasteiger partial charge in [-0.05, 0) is 38.8 Å². The molecule has 0 saturated heterocycles. The summed E-state index contributed by atoms with van der Waals surface area (Å²) in [5.41, 5.74) is 8.12. The van der Waals surface area contributed by atoms with Crippen molar-refractivity contribution in [2.75, 3.05) is 6.61 Å². The molecule has 1 saturated carbocycles. The summed E-state index contributed by atoms with van der Waals surface area (Å²) in [4.78, 5) is 4.41. The second-order valence-corrected chi connectivity index (χ2v) is 5.75. The number of rotatable bonds is 5. The lowest BCUT2D eigenvalue weighted by molar-refractivity contribution is 0.254. The van der Waals surface area contributed by atoms with E-state index in [4.69, 9.17) is 15.2 Å². The van der Waals surface area contributed by atoms with E-state index in [1.807, 2.05) is 13.0 Å². The zero-order valence-corrected chi connectivity index (χ0v) is 15.4. The molecule has 1 fully saturated rings. The molecule has 1 unspecified atom stereocenters. The molecule has 1 atom stereocenters. The van der Waals surface area contributed by atoms with E-state index in [9.17, 15) is 0 Å². The van der Waals surface area contributed by atoms with Crippen LogP contribution in [0.4, 0.5) is 0 Å². The van der Waals surface area contributed by atoms with Crippen LogP contribution in [0.15, 0.2) is 17.1 Å². The number of nitrogens with two attached hydrogens (primary N) is 1. The summed E-state index contributed by atoms with van der Waals surface area (Å²) in [6.45, 7) is 5.21. The van der Waals surface area contributed by atoms with Gasteiger partial charge < -0.3 is 20.5 Å². The summed E-state index contributed by atoms with van der Waals surface area (Å²) in [5.74, 6) is 2.34. The van der Waals surface area contributed by atoms with Gasteiger partial charge in [-0.3, -0.25) is 0 Å². The van der Waals surface area contributed by atoms with Crippen molar-refractivity contribution in [3.63, 3.8) is 0 Å². The largest absolute Gasteiger partial charge is 0.494 e. The Balaban J connectivity index is 0.00000176. The molecule has 1 aliphatic carbocycles. The van der Waals surface area contributed by atoms with E-state index < -0.39 is 0 Å². The molecule has 1 heterocycles. The van der Waals surface area contributed by atoms with Crippen molar-refractivity contribution in [2.24, 2.45) is 10.7 Å². The predicted molar refractivity (Wildman–Crippen MR) is 98.3 cm³/mol. The Labute approximate surface area is 148 Å². The first-order chi connectivity index (χ1) is 10.2. The van der Waals surface area contributed by atoms with Crippen LogP contribution in [-0.2, 0) is 13.0 Å². The average Bonchev–Trinajstić information content (AvgIpc) is 3.16. The van der Waals surface area contributed by atoms with E-state index in [1.54, 1.807) is 0 Å². The Morgan fingerprint density at radius 2 is 2.23 bits per heavy atom. The Bertz CT molecular complexity index is 559. The number of fused-ring (bicyclic) bond motifs is 1. The highest BCUT2D eigenvalue weighted by atomic mass is 127. The van der Waals surface area contributed by atoms with Gasteiger partial charge >= 0.3 is 0 Å². The molecule has 0 aromatic heterocycles. The summed E-state index contributed by atoms with van der Waals surface area (Å²) in [7, 11) is 0. The molecule has 2 aliphatic rings. The van der Waals surface area contributed by atoms with Crippen LogP contribution in [0.25, 0.3) is 0 Å². The van der Waals surface area contributed by atoms with Crippen molar-refractivity contribution in [2.45, 2.75) is 51.8 Å². The summed E-state index contributed by atoms with van der Waals surface area (Å²) in [6, 6.07) is 4.64. The van der Waals surface area contributed by atoms with Crippen LogP contribution in [0.1, 0.15) is 37.8 Å². The van der Waals surface area contributed by atoms with Crippen LogP contribution in [0.2, 0.25) is 0 Å². The Morgan fingerprint density at radius 1 is 1.45 bits per heavy atom. The maximum Gasteiger partial charge on any atom is 0.189 e. The average molecular weight is 417 g/mol. The summed E-state index contributed by atoms with van der Waals surface area (Å²) in [5, 5.41) is 3.19. The third-order valence-electron chi connectivity index (χ3n) is 3.73. The number of nitrogens with zero attached hydrogens (tertiary/aromatic N) is 1. The lowest BCUT2D eigenvalue weighted by Gasteiger charge is -2.11. The second kappa shape index (κ2) is 7.39. The van der Waals surface area contributed by atoms with Gasteiger partial charge in [0.05, 0.1) is 13.2 Å². The molecule has 3 rings (SSSR count). The molecule has 22 heavy (non-hydrogen) atoms. The normalized spacial score (nSPS) is 19.9. The molecule has 5 nitrogen and oxygen atoms in total. The second-order valence-electron chi connectivity index (χ2n) is 5.75. The van der Waals surface area contributed by atoms with Gasteiger partial charge in [0, 0.05) is 23.6 Å². The molecule has 6 heteroatoms. The summed E-state index contributed by atoms with van der Waals surface area (Å²) in [6.07, 6.45) is 3.54. The topological polar surface area (TPSA) is 68.9 Å². The lowest BCUT2D eigenvalue weighted by atomic mass is 10.1. The van der Waals surface area contributed by atoms with Gasteiger partial charge in [-0.1, -0.05) is 0 Å². The van der Waals surface area contributed by atoms with Crippen molar-refractivity contribution in [3.8, 4) is 11.5 Å². The van der Waals surface area contributed by atoms with Crippen molar-refractivity contribution >= 4 is 29.9 Å². The first-order valence-electron chi connectivity index (χ1n) is 7.67. The van der Waals surface area contributed by atoms with Crippen LogP contribution < -0.4 is 20.5 Å². The van der Waals surface area contributed by atoms with Gasteiger partial charge in [0.15, 0.2) is 5.96 Å². The maximum atomic E-state index is 5.89. The summed E-state index contributed by atoms with van der Waals surface area (Å²) >= 11 is 0. The number of benzene rings is 1. The lowest BCUT2D eigenvalue weighted by Crippen LogP contribution is -2.33. The van der Waals surface area contributed by atoms with Crippen LogP contribution in [0.5, 0.6) is 11.5 Å². The minimum atomic E-state index is 0. The van der Waals surface area contributed by atoms with Gasteiger partial charge in [-0.25, -0.2) is 4.99 Å².